The Balaban J connectivity index is 1.94. The molecular formula is C12H16N2O2. The van der Waals surface area contributed by atoms with E-state index in [1.54, 1.807) is 13.3 Å². The van der Waals surface area contributed by atoms with Gasteiger partial charge < -0.3 is 14.8 Å². The van der Waals surface area contributed by atoms with Gasteiger partial charge in [0.25, 0.3) is 0 Å². The highest BCUT2D eigenvalue weighted by Crippen LogP contribution is 2.42. The van der Waals surface area contributed by atoms with Crippen molar-refractivity contribution >= 4 is 0 Å². The number of ether oxygens (including phenoxy) is 2. The Morgan fingerprint density at radius 2 is 2.50 bits per heavy atom. The van der Waals surface area contributed by atoms with E-state index in [1.807, 2.05) is 6.07 Å². The number of methoxy groups -OCH3 is 1. The van der Waals surface area contributed by atoms with Crippen LogP contribution in [0, 0.1) is 0 Å². The van der Waals surface area contributed by atoms with E-state index >= 15 is 0 Å². The average Bonchev–Trinajstić information content (AvgIpc) is 2.81. The molecule has 1 aromatic rings. The van der Waals surface area contributed by atoms with E-state index in [9.17, 15) is 0 Å². The largest absolute Gasteiger partial charge is 0.485 e. The van der Waals surface area contributed by atoms with Crippen LogP contribution >= 0.6 is 0 Å². The Bertz CT molecular complexity index is 421. The van der Waals surface area contributed by atoms with Crippen LogP contribution in [0.2, 0.25) is 0 Å². The summed E-state index contributed by atoms with van der Waals surface area (Å²) in [6.45, 7) is 3.10. The third kappa shape index (κ3) is 1.37. The summed E-state index contributed by atoms with van der Waals surface area (Å²) in [6, 6.07) is 2.45. The van der Waals surface area contributed by atoms with Gasteiger partial charge in [-0.2, -0.15) is 0 Å². The van der Waals surface area contributed by atoms with Gasteiger partial charge in [-0.1, -0.05) is 0 Å². The van der Waals surface area contributed by atoms with E-state index in [4.69, 9.17) is 9.47 Å². The fourth-order valence-corrected chi connectivity index (χ4v) is 2.76. The number of hydrogen-bond donors (Lipinski definition) is 1. The molecule has 0 bridgehead atoms. The monoisotopic (exact) mass is 220 g/mol. The lowest BCUT2D eigenvalue weighted by molar-refractivity contribution is 0.115. The van der Waals surface area contributed by atoms with Crippen molar-refractivity contribution in [3.63, 3.8) is 0 Å². The molecule has 2 unspecified atom stereocenters. The smallest absolute Gasteiger partial charge is 0.220 e. The van der Waals surface area contributed by atoms with Crippen molar-refractivity contribution in [3.05, 3.63) is 17.8 Å². The molecule has 86 valence electrons. The third-order valence-electron chi connectivity index (χ3n) is 3.44. The summed E-state index contributed by atoms with van der Waals surface area (Å²) in [5.74, 6) is 1.64. The topological polar surface area (TPSA) is 43.4 Å². The second-order valence-corrected chi connectivity index (χ2v) is 4.74. The first kappa shape index (κ1) is 9.90. The number of fused-ring (bicyclic) bond motifs is 1. The fourth-order valence-electron chi connectivity index (χ4n) is 2.76. The Morgan fingerprint density at radius 1 is 1.62 bits per heavy atom. The summed E-state index contributed by atoms with van der Waals surface area (Å²) in [5.41, 5.74) is 1.04. The zero-order valence-corrected chi connectivity index (χ0v) is 9.62. The average molecular weight is 220 g/mol. The number of hydrogen-bond acceptors (Lipinski definition) is 4. The highest BCUT2D eigenvalue weighted by molar-refractivity contribution is 5.45. The first-order valence-electron chi connectivity index (χ1n) is 5.67. The summed E-state index contributed by atoms with van der Waals surface area (Å²) in [5, 5.41) is 3.44. The number of nitrogens with zero attached hydrogens (tertiary/aromatic N) is 1. The summed E-state index contributed by atoms with van der Waals surface area (Å²) < 4.78 is 11.4. The maximum Gasteiger partial charge on any atom is 0.220 e. The van der Waals surface area contributed by atoms with Gasteiger partial charge in [-0.3, -0.25) is 0 Å². The molecule has 2 atom stereocenters. The predicted octanol–water partition coefficient (Wildman–Crippen LogP) is 1.15. The first-order chi connectivity index (χ1) is 7.72. The molecule has 0 radical (unpaired) electrons. The zero-order chi connectivity index (χ0) is 11.2. The lowest BCUT2D eigenvalue weighted by Crippen LogP contribution is -2.36. The molecule has 3 heterocycles. The van der Waals surface area contributed by atoms with Crippen LogP contribution in [0.4, 0.5) is 0 Å². The quantitative estimate of drug-likeness (QED) is 0.771. The van der Waals surface area contributed by atoms with Crippen LogP contribution in [-0.4, -0.2) is 30.3 Å². The second-order valence-electron chi connectivity index (χ2n) is 4.74. The highest BCUT2D eigenvalue weighted by Gasteiger charge is 2.45. The van der Waals surface area contributed by atoms with Crippen LogP contribution in [0.25, 0.3) is 0 Å². The molecule has 1 saturated heterocycles. The molecule has 1 spiro atoms. The molecular weight excluding hydrogens is 204 g/mol. The summed E-state index contributed by atoms with van der Waals surface area (Å²) in [6.07, 6.45) is 3.68. The van der Waals surface area contributed by atoms with Crippen molar-refractivity contribution in [2.45, 2.75) is 31.4 Å². The standard InChI is InChI=1S/C12H16N2O2/c1-8-5-12(7-14-8)6-9-10(16-12)3-4-13-11(9)15-2/h3-4,8,14H,5-7H2,1-2H3. The minimum absolute atomic E-state index is 0.0714. The molecule has 2 aliphatic heterocycles. The van der Waals surface area contributed by atoms with Crippen molar-refractivity contribution in [3.8, 4) is 11.6 Å². The van der Waals surface area contributed by atoms with E-state index in [-0.39, 0.29) is 5.60 Å². The number of aromatic nitrogens is 1. The van der Waals surface area contributed by atoms with Crippen LogP contribution in [0.1, 0.15) is 18.9 Å². The van der Waals surface area contributed by atoms with Crippen molar-refractivity contribution < 1.29 is 9.47 Å². The van der Waals surface area contributed by atoms with Crippen LogP contribution in [0.5, 0.6) is 11.6 Å². The molecule has 3 rings (SSSR count). The van der Waals surface area contributed by atoms with Gasteiger partial charge in [-0.05, 0) is 13.0 Å². The van der Waals surface area contributed by atoms with Crippen molar-refractivity contribution in [1.29, 1.82) is 0 Å². The van der Waals surface area contributed by atoms with Crippen molar-refractivity contribution in [1.82, 2.24) is 10.3 Å². The van der Waals surface area contributed by atoms with Gasteiger partial charge in [0.1, 0.15) is 11.4 Å². The molecule has 4 heteroatoms. The molecule has 1 N–H and O–H groups in total. The normalized spacial score (nSPS) is 31.5. The zero-order valence-electron chi connectivity index (χ0n) is 9.62. The van der Waals surface area contributed by atoms with Gasteiger partial charge in [0, 0.05) is 31.6 Å². The van der Waals surface area contributed by atoms with Gasteiger partial charge in [0.05, 0.1) is 12.7 Å². The maximum absolute atomic E-state index is 6.09. The van der Waals surface area contributed by atoms with Gasteiger partial charge in [-0.25, -0.2) is 4.98 Å². The number of pyridine rings is 1. The number of nitrogens with one attached hydrogen (secondary N) is 1. The summed E-state index contributed by atoms with van der Waals surface area (Å²) in [7, 11) is 1.66. The summed E-state index contributed by atoms with van der Waals surface area (Å²) >= 11 is 0. The molecule has 0 amide bonds. The molecule has 0 saturated carbocycles. The maximum atomic E-state index is 6.09. The molecule has 16 heavy (non-hydrogen) atoms. The molecule has 0 aromatic carbocycles. The van der Waals surface area contributed by atoms with Crippen molar-refractivity contribution in [2.75, 3.05) is 13.7 Å². The Labute approximate surface area is 95.0 Å². The van der Waals surface area contributed by atoms with Crippen LogP contribution in [0.3, 0.4) is 0 Å². The molecule has 4 nitrogen and oxygen atoms in total. The predicted molar refractivity (Wildman–Crippen MR) is 59.9 cm³/mol. The Hall–Kier alpha value is -1.29. The van der Waals surface area contributed by atoms with E-state index < -0.39 is 0 Å². The lowest BCUT2D eigenvalue weighted by atomic mass is 9.95. The second kappa shape index (κ2) is 3.35. The Morgan fingerprint density at radius 3 is 3.19 bits per heavy atom. The van der Waals surface area contributed by atoms with E-state index in [0.29, 0.717) is 11.9 Å². The van der Waals surface area contributed by atoms with Crippen LogP contribution in [0.15, 0.2) is 12.3 Å². The molecule has 1 aromatic heterocycles. The fraction of sp³-hybridized carbons (Fsp3) is 0.583. The minimum atomic E-state index is -0.0714. The first-order valence-corrected chi connectivity index (χ1v) is 5.67. The van der Waals surface area contributed by atoms with E-state index in [1.165, 1.54) is 0 Å². The van der Waals surface area contributed by atoms with E-state index in [2.05, 4.69) is 17.2 Å². The van der Waals surface area contributed by atoms with Crippen LogP contribution in [-0.2, 0) is 6.42 Å². The van der Waals surface area contributed by atoms with Crippen molar-refractivity contribution in [2.24, 2.45) is 0 Å². The summed E-state index contributed by atoms with van der Waals surface area (Å²) in [4.78, 5) is 4.22. The minimum Gasteiger partial charge on any atom is -0.485 e. The third-order valence-corrected chi connectivity index (χ3v) is 3.44. The Kier molecular flexibility index (Phi) is 2.07. The van der Waals surface area contributed by atoms with E-state index in [0.717, 1.165) is 30.7 Å². The molecule has 0 aliphatic carbocycles. The van der Waals surface area contributed by atoms with Crippen LogP contribution < -0.4 is 14.8 Å². The number of rotatable bonds is 1. The highest BCUT2D eigenvalue weighted by atomic mass is 16.5. The SMILES string of the molecule is COc1nccc2c1CC1(CNC(C)C1)O2. The van der Waals surface area contributed by atoms with Gasteiger partial charge in [-0.15, -0.1) is 0 Å². The lowest BCUT2D eigenvalue weighted by Gasteiger charge is -2.21. The molecule has 2 aliphatic rings. The van der Waals surface area contributed by atoms with Gasteiger partial charge in [0.2, 0.25) is 5.88 Å². The van der Waals surface area contributed by atoms with Gasteiger partial charge >= 0.3 is 0 Å². The molecule has 1 fully saturated rings. The van der Waals surface area contributed by atoms with Gasteiger partial charge in [0.15, 0.2) is 0 Å².